The number of rotatable bonds is 5. The number of aliphatic carboxylic acids is 1. The molecular weight excluding hydrogens is 270 g/mol. The van der Waals surface area contributed by atoms with Gasteiger partial charge in [0.25, 0.3) is 5.91 Å². The van der Waals surface area contributed by atoms with Crippen LogP contribution in [-0.2, 0) is 11.2 Å². The molecule has 2 aromatic carbocycles. The van der Waals surface area contributed by atoms with Crippen molar-refractivity contribution < 1.29 is 19.8 Å². The van der Waals surface area contributed by atoms with Gasteiger partial charge in [0.15, 0.2) is 0 Å². The number of nitrogens with one attached hydrogen (secondary N) is 1. The molecule has 2 rings (SSSR count). The monoisotopic (exact) mass is 285 g/mol. The molecule has 0 unspecified atom stereocenters. The Morgan fingerprint density at radius 2 is 1.71 bits per heavy atom. The second-order valence-corrected chi connectivity index (χ2v) is 4.53. The van der Waals surface area contributed by atoms with Crippen LogP contribution in [0.4, 0.5) is 5.69 Å². The predicted octanol–water partition coefficient (Wildman–Crippen LogP) is 2.66. The molecule has 0 saturated carbocycles. The zero-order valence-corrected chi connectivity index (χ0v) is 11.2. The summed E-state index contributed by atoms with van der Waals surface area (Å²) in [7, 11) is 0. The summed E-state index contributed by atoms with van der Waals surface area (Å²) in [5.74, 6) is -1.37. The van der Waals surface area contributed by atoms with Gasteiger partial charge in [-0.15, -0.1) is 0 Å². The van der Waals surface area contributed by atoms with Crippen molar-refractivity contribution in [2.45, 2.75) is 12.8 Å². The Hall–Kier alpha value is -2.82. The first-order valence-corrected chi connectivity index (χ1v) is 6.47. The third kappa shape index (κ3) is 3.82. The highest BCUT2D eigenvalue weighted by Gasteiger charge is 2.13. The average molecular weight is 285 g/mol. The number of carboxylic acid groups (broad SMARTS) is 1. The van der Waals surface area contributed by atoms with Crippen molar-refractivity contribution in [2.24, 2.45) is 0 Å². The highest BCUT2D eigenvalue weighted by Crippen LogP contribution is 2.28. The fourth-order valence-corrected chi connectivity index (χ4v) is 1.96. The van der Waals surface area contributed by atoms with Gasteiger partial charge in [-0.25, -0.2) is 0 Å². The fourth-order valence-electron chi connectivity index (χ4n) is 1.96. The smallest absolute Gasteiger partial charge is 0.303 e. The molecule has 108 valence electrons. The molecule has 5 heteroatoms. The minimum atomic E-state index is -0.932. The number of amides is 1. The van der Waals surface area contributed by atoms with E-state index in [1.165, 1.54) is 6.07 Å². The number of hydrogen-bond donors (Lipinski definition) is 3. The normalized spacial score (nSPS) is 10.1. The first-order valence-electron chi connectivity index (χ1n) is 6.47. The molecule has 0 bridgehead atoms. The Morgan fingerprint density at radius 3 is 2.38 bits per heavy atom. The van der Waals surface area contributed by atoms with Gasteiger partial charge in [0.1, 0.15) is 5.75 Å². The molecule has 1 amide bonds. The maximum absolute atomic E-state index is 12.1. The third-order valence-corrected chi connectivity index (χ3v) is 3.01. The van der Waals surface area contributed by atoms with E-state index in [-0.39, 0.29) is 30.2 Å². The second kappa shape index (κ2) is 6.56. The summed E-state index contributed by atoms with van der Waals surface area (Å²) in [4.78, 5) is 22.8. The summed E-state index contributed by atoms with van der Waals surface area (Å²) in [6, 6.07) is 13.3. The fraction of sp³-hybridized carbons (Fsp3) is 0.125. The predicted molar refractivity (Wildman–Crippen MR) is 78.5 cm³/mol. The summed E-state index contributed by atoms with van der Waals surface area (Å²) in [6.45, 7) is 0. The van der Waals surface area contributed by atoms with Crippen molar-refractivity contribution in [3.8, 4) is 5.75 Å². The number of para-hydroxylation sites is 1. The van der Waals surface area contributed by atoms with Crippen LogP contribution in [0.1, 0.15) is 22.3 Å². The van der Waals surface area contributed by atoms with Crippen LogP contribution in [0, 0.1) is 0 Å². The number of carbonyl (C=O) groups is 2. The number of benzene rings is 2. The Kier molecular flexibility index (Phi) is 4.56. The van der Waals surface area contributed by atoms with Gasteiger partial charge < -0.3 is 15.5 Å². The van der Waals surface area contributed by atoms with Gasteiger partial charge in [0, 0.05) is 12.0 Å². The standard InChI is InChI=1S/C16H15NO4/c18-13-8-4-7-11(9-10-14(19)20)15(13)17-16(21)12-5-2-1-3-6-12/h1-8,18H,9-10H2,(H,17,21)(H,19,20). The van der Waals surface area contributed by atoms with E-state index in [9.17, 15) is 14.7 Å². The van der Waals surface area contributed by atoms with Gasteiger partial charge in [-0.3, -0.25) is 9.59 Å². The summed E-state index contributed by atoms with van der Waals surface area (Å²) in [5, 5.41) is 21.3. The Morgan fingerprint density at radius 1 is 1.00 bits per heavy atom. The van der Waals surface area contributed by atoms with Crippen LogP contribution in [0.3, 0.4) is 0 Å². The molecule has 0 aliphatic heterocycles. The van der Waals surface area contributed by atoms with Crippen LogP contribution in [-0.4, -0.2) is 22.1 Å². The number of carboxylic acids is 1. The highest BCUT2D eigenvalue weighted by atomic mass is 16.4. The van der Waals surface area contributed by atoms with E-state index in [1.54, 1.807) is 42.5 Å². The number of carbonyl (C=O) groups excluding carboxylic acids is 1. The van der Waals surface area contributed by atoms with E-state index in [1.807, 2.05) is 0 Å². The highest BCUT2D eigenvalue weighted by molar-refractivity contribution is 6.05. The summed E-state index contributed by atoms with van der Waals surface area (Å²) >= 11 is 0. The van der Waals surface area contributed by atoms with Crippen molar-refractivity contribution in [3.05, 3.63) is 59.7 Å². The van der Waals surface area contributed by atoms with Crippen LogP contribution in [0.2, 0.25) is 0 Å². The SMILES string of the molecule is O=C(O)CCc1cccc(O)c1NC(=O)c1ccccc1. The zero-order valence-electron chi connectivity index (χ0n) is 11.2. The lowest BCUT2D eigenvalue weighted by Crippen LogP contribution is -2.13. The van der Waals surface area contributed by atoms with E-state index in [0.717, 1.165) is 0 Å². The molecule has 0 fully saturated rings. The maximum atomic E-state index is 12.1. The first-order chi connectivity index (χ1) is 10.1. The van der Waals surface area contributed by atoms with Crippen molar-refractivity contribution in [3.63, 3.8) is 0 Å². The minimum Gasteiger partial charge on any atom is -0.506 e. The molecule has 5 nitrogen and oxygen atoms in total. The summed E-state index contributed by atoms with van der Waals surface area (Å²) in [5.41, 5.74) is 1.30. The van der Waals surface area contributed by atoms with Crippen molar-refractivity contribution in [1.29, 1.82) is 0 Å². The minimum absolute atomic E-state index is 0.0718. The topological polar surface area (TPSA) is 86.6 Å². The number of phenols is 1. The molecule has 21 heavy (non-hydrogen) atoms. The lowest BCUT2D eigenvalue weighted by Gasteiger charge is -2.12. The van der Waals surface area contributed by atoms with Gasteiger partial charge in [0.2, 0.25) is 0 Å². The van der Waals surface area contributed by atoms with Crippen LogP contribution in [0.15, 0.2) is 48.5 Å². The zero-order chi connectivity index (χ0) is 15.2. The average Bonchev–Trinajstić information content (AvgIpc) is 2.48. The van der Waals surface area contributed by atoms with Gasteiger partial charge in [-0.1, -0.05) is 30.3 Å². The molecule has 0 aliphatic carbocycles. The molecule has 3 N–H and O–H groups in total. The van der Waals surface area contributed by atoms with E-state index in [4.69, 9.17) is 5.11 Å². The summed E-state index contributed by atoms with van der Waals surface area (Å²) in [6.07, 6.45) is 0.159. The van der Waals surface area contributed by atoms with Crippen LogP contribution >= 0.6 is 0 Å². The number of anilines is 1. The van der Waals surface area contributed by atoms with Crippen molar-refractivity contribution in [1.82, 2.24) is 0 Å². The number of aromatic hydroxyl groups is 1. The quantitative estimate of drug-likeness (QED) is 0.737. The lowest BCUT2D eigenvalue weighted by molar-refractivity contribution is -0.136. The molecule has 0 aliphatic rings. The number of hydrogen-bond acceptors (Lipinski definition) is 3. The molecule has 0 aromatic heterocycles. The molecule has 0 atom stereocenters. The molecule has 0 radical (unpaired) electrons. The second-order valence-electron chi connectivity index (χ2n) is 4.53. The van der Waals surface area contributed by atoms with Crippen molar-refractivity contribution >= 4 is 17.6 Å². The summed E-state index contributed by atoms with van der Waals surface area (Å²) < 4.78 is 0. The Bertz CT molecular complexity index is 653. The van der Waals surface area contributed by atoms with Gasteiger partial charge >= 0.3 is 5.97 Å². The number of phenolic OH excluding ortho intramolecular Hbond substituents is 1. The molecule has 0 heterocycles. The van der Waals surface area contributed by atoms with Gasteiger partial charge in [-0.2, -0.15) is 0 Å². The van der Waals surface area contributed by atoms with Crippen LogP contribution in [0.25, 0.3) is 0 Å². The number of aryl methyl sites for hydroxylation is 1. The first kappa shape index (κ1) is 14.6. The molecule has 0 spiro atoms. The maximum Gasteiger partial charge on any atom is 0.303 e. The molecule has 2 aromatic rings. The van der Waals surface area contributed by atoms with Gasteiger partial charge in [-0.05, 0) is 30.2 Å². The Labute approximate surface area is 121 Å². The molecule has 0 saturated heterocycles. The Balaban J connectivity index is 2.22. The molecular formula is C16H15NO4. The van der Waals surface area contributed by atoms with E-state index >= 15 is 0 Å². The largest absolute Gasteiger partial charge is 0.506 e. The van der Waals surface area contributed by atoms with Crippen LogP contribution in [0.5, 0.6) is 5.75 Å². The lowest BCUT2D eigenvalue weighted by atomic mass is 10.1. The third-order valence-electron chi connectivity index (χ3n) is 3.01. The van der Waals surface area contributed by atoms with Gasteiger partial charge in [0.05, 0.1) is 5.69 Å². The van der Waals surface area contributed by atoms with E-state index in [0.29, 0.717) is 11.1 Å². The van der Waals surface area contributed by atoms with Crippen molar-refractivity contribution in [2.75, 3.05) is 5.32 Å². The van der Waals surface area contributed by atoms with Crippen LogP contribution < -0.4 is 5.32 Å². The van der Waals surface area contributed by atoms with E-state index < -0.39 is 5.97 Å². The van der Waals surface area contributed by atoms with E-state index in [2.05, 4.69) is 5.32 Å².